The van der Waals surface area contributed by atoms with E-state index in [1.54, 1.807) is 0 Å². The Bertz CT molecular complexity index is 157. The Morgan fingerprint density at radius 2 is 2.36 bits per heavy atom. The number of halogens is 1. The van der Waals surface area contributed by atoms with Crippen molar-refractivity contribution in [3.05, 3.63) is 11.6 Å². The average molecular weight is 178 g/mol. The van der Waals surface area contributed by atoms with E-state index >= 15 is 0 Å². The highest BCUT2D eigenvalue weighted by Gasteiger charge is 1.96. The largest absolute Gasteiger partial charge is 0.453 e. The molecule has 11 heavy (non-hydrogen) atoms. The number of nitrogens with one attached hydrogen (secondary N) is 1. The van der Waals surface area contributed by atoms with Crippen molar-refractivity contribution in [3.63, 3.8) is 0 Å². The predicted octanol–water partition coefficient (Wildman–Crippen LogP) is 1.53. The van der Waals surface area contributed by atoms with Crippen LogP contribution >= 0.6 is 11.6 Å². The van der Waals surface area contributed by atoms with Gasteiger partial charge in [0.15, 0.2) is 0 Å². The van der Waals surface area contributed by atoms with Gasteiger partial charge in [0.2, 0.25) is 0 Å². The lowest BCUT2D eigenvalue weighted by Crippen LogP contribution is -2.24. The monoisotopic (exact) mass is 177 g/mol. The highest BCUT2D eigenvalue weighted by molar-refractivity contribution is 6.18. The average Bonchev–Trinajstić information content (AvgIpc) is 2.01. The second-order valence-corrected chi connectivity index (χ2v) is 2.36. The fourth-order valence-electron chi connectivity index (χ4n) is 0.488. The molecule has 0 radical (unpaired) electrons. The zero-order valence-corrected chi connectivity index (χ0v) is 7.44. The van der Waals surface area contributed by atoms with E-state index < -0.39 is 6.09 Å². The van der Waals surface area contributed by atoms with E-state index in [0.717, 1.165) is 5.57 Å². The maximum Gasteiger partial charge on any atom is 0.407 e. The molecule has 1 amide bonds. The molecule has 0 fully saturated rings. The van der Waals surface area contributed by atoms with Crippen LogP contribution in [0.2, 0.25) is 0 Å². The van der Waals surface area contributed by atoms with E-state index in [-0.39, 0.29) is 0 Å². The van der Waals surface area contributed by atoms with E-state index in [0.29, 0.717) is 12.4 Å². The summed E-state index contributed by atoms with van der Waals surface area (Å²) in [7, 11) is 1.33. The Hall–Kier alpha value is -0.700. The summed E-state index contributed by atoms with van der Waals surface area (Å²) >= 11 is 5.43. The molecule has 3 nitrogen and oxygen atoms in total. The lowest BCUT2D eigenvalue weighted by atomic mass is 10.3. The number of rotatable bonds is 3. The number of allylic oxidation sites excluding steroid dienone is 1. The third-order valence-corrected chi connectivity index (χ3v) is 1.28. The molecule has 64 valence electrons. The van der Waals surface area contributed by atoms with Crippen LogP contribution < -0.4 is 5.32 Å². The third kappa shape index (κ3) is 5.73. The van der Waals surface area contributed by atoms with Crippen LogP contribution in [0.1, 0.15) is 6.92 Å². The predicted molar refractivity (Wildman–Crippen MR) is 44.9 cm³/mol. The molecule has 1 N–H and O–H groups in total. The molecular formula is C7H12ClNO2. The first-order valence-electron chi connectivity index (χ1n) is 3.24. The van der Waals surface area contributed by atoms with Crippen LogP contribution in [0.4, 0.5) is 4.79 Å². The maximum absolute atomic E-state index is 10.5. The smallest absolute Gasteiger partial charge is 0.407 e. The zero-order chi connectivity index (χ0) is 8.69. The summed E-state index contributed by atoms with van der Waals surface area (Å²) in [6, 6.07) is 0. The highest BCUT2D eigenvalue weighted by atomic mass is 35.5. The zero-order valence-electron chi connectivity index (χ0n) is 6.69. The van der Waals surface area contributed by atoms with Gasteiger partial charge in [0.05, 0.1) is 7.11 Å². The molecule has 0 saturated heterocycles. The molecular weight excluding hydrogens is 166 g/mol. The van der Waals surface area contributed by atoms with E-state index in [1.807, 2.05) is 13.0 Å². The summed E-state index contributed by atoms with van der Waals surface area (Å²) < 4.78 is 4.37. The summed E-state index contributed by atoms with van der Waals surface area (Å²) in [5, 5.41) is 2.53. The summed E-state index contributed by atoms with van der Waals surface area (Å²) in [6.45, 7) is 2.37. The fourth-order valence-corrected chi connectivity index (χ4v) is 0.751. The number of alkyl halides is 1. The van der Waals surface area contributed by atoms with Gasteiger partial charge in [-0.2, -0.15) is 0 Å². The molecule has 0 unspecified atom stereocenters. The minimum Gasteiger partial charge on any atom is -0.453 e. The van der Waals surface area contributed by atoms with Gasteiger partial charge in [-0.25, -0.2) is 4.79 Å². The molecule has 0 rings (SSSR count). The van der Waals surface area contributed by atoms with Crippen molar-refractivity contribution < 1.29 is 9.53 Å². The summed E-state index contributed by atoms with van der Waals surface area (Å²) in [5.41, 5.74) is 1.02. The van der Waals surface area contributed by atoms with Crippen molar-refractivity contribution in [2.45, 2.75) is 6.92 Å². The van der Waals surface area contributed by atoms with Gasteiger partial charge < -0.3 is 10.1 Å². The minimum absolute atomic E-state index is 0.424. The van der Waals surface area contributed by atoms with Crippen LogP contribution in [0.25, 0.3) is 0 Å². The van der Waals surface area contributed by atoms with Crippen LogP contribution in [-0.4, -0.2) is 25.6 Å². The summed E-state index contributed by atoms with van der Waals surface area (Å²) in [6.07, 6.45) is 1.41. The minimum atomic E-state index is -0.424. The lowest BCUT2D eigenvalue weighted by molar-refractivity contribution is 0.172. The maximum atomic E-state index is 10.5. The van der Waals surface area contributed by atoms with Crippen molar-refractivity contribution in [2.24, 2.45) is 0 Å². The van der Waals surface area contributed by atoms with Crippen molar-refractivity contribution in [1.82, 2.24) is 5.32 Å². The Labute approximate surface area is 71.4 Å². The molecule has 0 spiro atoms. The lowest BCUT2D eigenvalue weighted by Gasteiger charge is -2.02. The fraction of sp³-hybridized carbons (Fsp3) is 0.571. The number of carbonyl (C=O) groups excluding carboxylic acids is 1. The third-order valence-electron chi connectivity index (χ3n) is 1.12. The molecule has 0 aromatic carbocycles. The molecule has 0 aliphatic rings. The van der Waals surface area contributed by atoms with Gasteiger partial charge in [-0.3, -0.25) is 0 Å². The highest BCUT2D eigenvalue weighted by Crippen LogP contribution is 1.90. The normalized spacial score (nSPS) is 11.0. The molecule has 0 bridgehead atoms. The van der Waals surface area contributed by atoms with Gasteiger partial charge in [0.25, 0.3) is 0 Å². The number of hydrogen-bond donors (Lipinski definition) is 1. The second-order valence-electron chi connectivity index (χ2n) is 2.05. The van der Waals surface area contributed by atoms with Gasteiger partial charge in [-0.15, -0.1) is 11.6 Å². The Balaban J connectivity index is 3.53. The Morgan fingerprint density at radius 3 is 2.82 bits per heavy atom. The van der Waals surface area contributed by atoms with Gasteiger partial charge >= 0.3 is 6.09 Å². The van der Waals surface area contributed by atoms with Crippen molar-refractivity contribution in [3.8, 4) is 0 Å². The van der Waals surface area contributed by atoms with Crippen LogP contribution in [0.3, 0.4) is 0 Å². The van der Waals surface area contributed by atoms with Crippen LogP contribution in [0.5, 0.6) is 0 Å². The van der Waals surface area contributed by atoms with Crippen LogP contribution in [-0.2, 0) is 4.74 Å². The SMILES string of the molecule is COC(=O)NC/C(C)=C/CCl. The number of carbonyl (C=O) groups is 1. The van der Waals surface area contributed by atoms with Crippen molar-refractivity contribution in [2.75, 3.05) is 19.5 Å². The van der Waals surface area contributed by atoms with Crippen LogP contribution in [0, 0.1) is 0 Å². The Morgan fingerprint density at radius 1 is 1.73 bits per heavy atom. The topological polar surface area (TPSA) is 38.3 Å². The standard InChI is InChI=1S/C7H12ClNO2/c1-6(3-4-8)5-9-7(10)11-2/h3H,4-5H2,1-2H3,(H,9,10)/b6-3+. The number of ether oxygens (including phenoxy) is 1. The number of amides is 1. The number of hydrogen-bond acceptors (Lipinski definition) is 2. The van der Waals surface area contributed by atoms with E-state index in [4.69, 9.17) is 11.6 Å². The van der Waals surface area contributed by atoms with Crippen molar-refractivity contribution in [1.29, 1.82) is 0 Å². The first kappa shape index (κ1) is 10.3. The van der Waals surface area contributed by atoms with Crippen molar-refractivity contribution >= 4 is 17.7 Å². The Kier molecular flexibility index (Phi) is 5.65. The number of methoxy groups -OCH3 is 1. The molecule has 0 aliphatic carbocycles. The summed E-state index contributed by atoms with van der Waals surface area (Å²) in [5.74, 6) is 0.467. The quantitative estimate of drug-likeness (QED) is 0.525. The molecule has 0 heterocycles. The first-order valence-corrected chi connectivity index (χ1v) is 3.77. The summed E-state index contributed by atoms with van der Waals surface area (Å²) in [4.78, 5) is 10.5. The van der Waals surface area contributed by atoms with E-state index in [2.05, 4.69) is 10.1 Å². The van der Waals surface area contributed by atoms with Crippen LogP contribution in [0.15, 0.2) is 11.6 Å². The molecule has 0 aliphatic heterocycles. The molecule has 0 aromatic heterocycles. The molecule has 0 atom stereocenters. The van der Waals surface area contributed by atoms with Gasteiger partial charge in [-0.05, 0) is 6.92 Å². The van der Waals surface area contributed by atoms with E-state index in [9.17, 15) is 4.79 Å². The second kappa shape index (κ2) is 6.04. The molecule has 4 heteroatoms. The van der Waals surface area contributed by atoms with Gasteiger partial charge in [-0.1, -0.05) is 11.6 Å². The number of alkyl carbamates (subject to hydrolysis) is 1. The van der Waals surface area contributed by atoms with Gasteiger partial charge in [0, 0.05) is 12.4 Å². The first-order chi connectivity index (χ1) is 5.20. The molecule has 0 aromatic rings. The van der Waals surface area contributed by atoms with E-state index in [1.165, 1.54) is 7.11 Å². The molecule has 0 saturated carbocycles. The van der Waals surface area contributed by atoms with Gasteiger partial charge in [0.1, 0.15) is 0 Å².